The van der Waals surface area contributed by atoms with Crippen molar-refractivity contribution in [2.24, 2.45) is 10.8 Å². The first-order valence-electron chi connectivity index (χ1n) is 6.94. The zero-order chi connectivity index (χ0) is 14.3. The third kappa shape index (κ3) is 2.95. The van der Waals surface area contributed by atoms with Crippen LogP contribution in [0.4, 0.5) is 0 Å². The summed E-state index contributed by atoms with van der Waals surface area (Å²) in [6, 6.07) is 0. The molecule has 1 aliphatic heterocycles. The Hall–Kier alpha value is -0.200. The molecule has 2 atom stereocenters. The number of hydrogen-bond donors (Lipinski definition) is 2. The van der Waals surface area contributed by atoms with Gasteiger partial charge in [0.05, 0.1) is 38.6 Å². The van der Waals surface area contributed by atoms with Crippen molar-refractivity contribution in [1.29, 1.82) is 0 Å². The minimum atomic E-state index is -0.813. The summed E-state index contributed by atoms with van der Waals surface area (Å²) in [7, 11) is 0. The second-order valence-electron chi connectivity index (χ2n) is 6.86. The molecule has 5 nitrogen and oxygen atoms in total. The van der Waals surface area contributed by atoms with Gasteiger partial charge in [0.25, 0.3) is 0 Å². The molecule has 1 saturated heterocycles. The number of aliphatic hydroxyl groups excluding tert-OH is 2. The minimum absolute atomic E-state index is 0.00585. The van der Waals surface area contributed by atoms with Crippen LogP contribution in [-0.4, -0.2) is 61.1 Å². The number of epoxide rings is 1. The molecule has 112 valence electrons. The molecule has 0 radical (unpaired) electrons. The van der Waals surface area contributed by atoms with E-state index < -0.39 is 6.10 Å². The molecule has 1 saturated carbocycles. The molecule has 0 spiro atoms. The van der Waals surface area contributed by atoms with Gasteiger partial charge in [0.1, 0.15) is 12.2 Å². The van der Waals surface area contributed by atoms with Gasteiger partial charge in [0.2, 0.25) is 0 Å². The SMILES string of the molecule is CC1(C)C(OCC(O)CO)C(C)(C)C1OCC1CO1. The first kappa shape index (κ1) is 15.2. The second-order valence-corrected chi connectivity index (χ2v) is 6.86. The van der Waals surface area contributed by atoms with Gasteiger partial charge in [0, 0.05) is 10.8 Å². The highest BCUT2D eigenvalue weighted by Crippen LogP contribution is 2.57. The average molecular weight is 274 g/mol. The van der Waals surface area contributed by atoms with Crippen LogP contribution < -0.4 is 0 Å². The van der Waals surface area contributed by atoms with Gasteiger partial charge >= 0.3 is 0 Å². The maximum absolute atomic E-state index is 9.39. The maximum atomic E-state index is 9.39. The van der Waals surface area contributed by atoms with Crippen molar-refractivity contribution in [3.05, 3.63) is 0 Å². The second kappa shape index (κ2) is 5.30. The summed E-state index contributed by atoms with van der Waals surface area (Å²) in [6.45, 7) is 9.80. The molecule has 0 amide bonds. The monoisotopic (exact) mass is 274 g/mol. The van der Waals surface area contributed by atoms with Crippen LogP contribution >= 0.6 is 0 Å². The number of aliphatic hydroxyl groups is 2. The van der Waals surface area contributed by atoms with Gasteiger partial charge in [-0.2, -0.15) is 0 Å². The van der Waals surface area contributed by atoms with E-state index in [1.165, 1.54) is 0 Å². The van der Waals surface area contributed by atoms with Crippen LogP contribution in [0.3, 0.4) is 0 Å². The molecule has 1 aliphatic carbocycles. The molecule has 2 aliphatic rings. The lowest BCUT2D eigenvalue weighted by molar-refractivity contribution is -0.287. The van der Waals surface area contributed by atoms with Crippen molar-refractivity contribution >= 4 is 0 Å². The van der Waals surface area contributed by atoms with Crippen molar-refractivity contribution in [3.63, 3.8) is 0 Å². The molecule has 2 unspecified atom stereocenters. The van der Waals surface area contributed by atoms with Crippen LogP contribution in [0, 0.1) is 10.8 Å². The zero-order valence-electron chi connectivity index (χ0n) is 12.3. The van der Waals surface area contributed by atoms with Gasteiger partial charge < -0.3 is 24.4 Å². The highest BCUT2D eigenvalue weighted by Gasteiger charge is 2.63. The molecule has 2 N–H and O–H groups in total. The Kier molecular flexibility index (Phi) is 4.23. The molecule has 5 heteroatoms. The fourth-order valence-electron chi connectivity index (χ4n) is 3.58. The molecule has 0 aromatic carbocycles. The predicted octanol–water partition coefficient (Wildman–Crippen LogP) is 0.575. The number of rotatable bonds is 7. The molecule has 1 heterocycles. The Morgan fingerprint density at radius 3 is 2.16 bits per heavy atom. The summed E-state index contributed by atoms with van der Waals surface area (Å²) in [6.07, 6.45) is -0.430. The fourth-order valence-corrected chi connectivity index (χ4v) is 3.58. The van der Waals surface area contributed by atoms with E-state index in [-0.39, 0.29) is 42.4 Å². The third-order valence-corrected chi connectivity index (χ3v) is 4.22. The predicted molar refractivity (Wildman–Crippen MR) is 69.9 cm³/mol. The first-order valence-corrected chi connectivity index (χ1v) is 6.94. The average Bonchev–Trinajstić information content (AvgIpc) is 3.11. The van der Waals surface area contributed by atoms with Gasteiger partial charge in [-0.25, -0.2) is 0 Å². The van der Waals surface area contributed by atoms with E-state index in [2.05, 4.69) is 27.7 Å². The van der Waals surface area contributed by atoms with E-state index in [1.54, 1.807) is 0 Å². The van der Waals surface area contributed by atoms with Gasteiger partial charge in [-0.1, -0.05) is 27.7 Å². The van der Waals surface area contributed by atoms with Gasteiger partial charge in [0.15, 0.2) is 0 Å². The van der Waals surface area contributed by atoms with Crippen LogP contribution in [-0.2, 0) is 14.2 Å². The summed E-state index contributed by atoms with van der Waals surface area (Å²) in [5.41, 5.74) is -0.207. The third-order valence-electron chi connectivity index (χ3n) is 4.22. The van der Waals surface area contributed by atoms with E-state index >= 15 is 0 Å². The lowest BCUT2D eigenvalue weighted by Gasteiger charge is -2.62. The number of hydrogen-bond acceptors (Lipinski definition) is 5. The lowest BCUT2D eigenvalue weighted by atomic mass is 9.51. The van der Waals surface area contributed by atoms with E-state index in [4.69, 9.17) is 19.3 Å². The molecule has 2 fully saturated rings. The highest BCUT2D eigenvalue weighted by molar-refractivity contribution is 5.12. The molecule has 2 rings (SSSR count). The Labute approximate surface area is 114 Å². The van der Waals surface area contributed by atoms with Gasteiger partial charge in [-0.05, 0) is 0 Å². The molecule has 19 heavy (non-hydrogen) atoms. The highest BCUT2D eigenvalue weighted by atomic mass is 16.6. The van der Waals surface area contributed by atoms with Crippen molar-refractivity contribution in [1.82, 2.24) is 0 Å². The maximum Gasteiger partial charge on any atom is 0.104 e. The van der Waals surface area contributed by atoms with Crippen LogP contribution in [0.25, 0.3) is 0 Å². The van der Waals surface area contributed by atoms with Gasteiger partial charge in [-0.3, -0.25) is 0 Å². The molecular formula is C14H26O5. The zero-order valence-corrected chi connectivity index (χ0v) is 12.3. The summed E-state index contributed by atoms with van der Waals surface area (Å²) < 4.78 is 16.9. The minimum Gasteiger partial charge on any atom is -0.394 e. The van der Waals surface area contributed by atoms with Crippen LogP contribution in [0.2, 0.25) is 0 Å². The van der Waals surface area contributed by atoms with E-state index in [1.807, 2.05) is 0 Å². The standard InChI is InChI=1S/C14H26O5/c1-13(2)11(18-6-9(16)5-15)14(3,4)12(13)19-8-10-7-17-10/h9-12,15-16H,5-8H2,1-4H3. The normalized spacial score (nSPS) is 36.6. The van der Waals surface area contributed by atoms with E-state index in [0.717, 1.165) is 6.61 Å². The van der Waals surface area contributed by atoms with Crippen molar-refractivity contribution in [2.75, 3.05) is 26.4 Å². The molecule has 0 bridgehead atoms. The van der Waals surface area contributed by atoms with Crippen LogP contribution in [0.15, 0.2) is 0 Å². The largest absolute Gasteiger partial charge is 0.394 e. The smallest absolute Gasteiger partial charge is 0.104 e. The topological polar surface area (TPSA) is 71.5 Å². The number of ether oxygens (including phenoxy) is 3. The summed E-state index contributed by atoms with van der Waals surface area (Å²) in [5.74, 6) is 0. The quantitative estimate of drug-likeness (QED) is 0.664. The van der Waals surface area contributed by atoms with E-state index in [0.29, 0.717) is 6.61 Å². The summed E-state index contributed by atoms with van der Waals surface area (Å²) in [4.78, 5) is 0. The van der Waals surface area contributed by atoms with Crippen molar-refractivity contribution in [3.8, 4) is 0 Å². The van der Waals surface area contributed by atoms with Crippen molar-refractivity contribution in [2.45, 2.75) is 52.1 Å². The fraction of sp³-hybridized carbons (Fsp3) is 1.00. The van der Waals surface area contributed by atoms with E-state index in [9.17, 15) is 5.11 Å². The Bertz CT molecular complexity index is 295. The van der Waals surface area contributed by atoms with Gasteiger partial charge in [-0.15, -0.1) is 0 Å². The Morgan fingerprint density at radius 2 is 1.68 bits per heavy atom. The summed E-state index contributed by atoms with van der Waals surface area (Å²) >= 11 is 0. The van der Waals surface area contributed by atoms with Crippen LogP contribution in [0.5, 0.6) is 0 Å². The van der Waals surface area contributed by atoms with Crippen LogP contribution in [0.1, 0.15) is 27.7 Å². The first-order chi connectivity index (χ1) is 8.80. The lowest BCUT2D eigenvalue weighted by Crippen LogP contribution is -2.69. The Balaban J connectivity index is 1.89. The molecular weight excluding hydrogens is 248 g/mol. The molecule has 0 aromatic heterocycles. The summed E-state index contributed by atoms with van der Waals surface area (Å²) in [5, 5.41) is 18.2. The van der Waals surface area contributed by atoms with Crippen molar-refractivity contribution < 1.29 is 24.4 Å². The Morgan fingerprint density at radius 1 is 1.16 bits per heavy atom. The molecule has 0 aromatic rings.